The Hall–Kier alpha value is -3.58. The molecule has 1 amide bonds. The summed E-state index contributed by atoms with van der Waals surface area (Å²) in [5.74, 6) is -0.535. The second-order valence-corrected chi connectivity index (χ2v) is 7.03. The van der Waals surface area contributed by atoms with Crippen molar-refractivity contribution in [1.29, 1.82) is 0 Å². The van der Waals surface area contributed by atoms with Gasteiger partial charge in [0.05, 0.1) is 17.9 Å². The summed E-state index contributed by atoms with van der Waals surface area (Å²) in [4.78, 5) is 23.1. The molecule has 1 N–H and O–H groups in total. The quantitative estimate of drug-likeness (QED) is 0.481. The van der Waals surface area contributed by atoms with Crippen LogP contribution in [0.2, 0.25) is 5.02 Å². The second kappa shape index (κ2) is 8.84. The van der Waals surface area contributed by atoms with Gasteiger partial charge in [0.15, 0.2) is 6.10 Å². The first kappa shape index (κ1) is 19.7. The lowest BCUT2D eigenvalue weighted by atomic mass is 10.1. The molecule has 2 heterocycles. The van der Waals surface area contributed by atoms with Crippen LogP contribution in [-0.2, 0) is 14.3 Å². The highest BCUT2D eigenvalue weighted by atomic mass is 35.5. The van der Waals surface area contributed by atoms with E-state index >= 15 is 0 Å². The fourth-order valence-corrected chi connectivity index (χ4v) is 3.09. The highest BCUT2D eigenvalue weighted by molar-refractivity contribution is 6.30. The van der Waals surface area contributed by atoms with E-state index in [9.17, 15) is 9.59 Å². The minimum atomic E-state index is -0.535. The first-order chi connectivity index (χ1) is 14.6. The maximum absolute atomic E-state index is 12.1. The van der Waals surface area contributed by atoms with Gasteiger partial charge in [0, 0.05) is 28.4 Å². The second-order valence-electron chi connectivity index (χ2n) is 6.59. The number of nitrogens with one attached hydrogen (secondary N) is 1. The minimum Gasteiger partial charge on any atom is -0.459 e. The summed E-state index contributed by atoms with van der Waals surface area (Å²) in [5.41, 5.74) is 3.21. The topological polar surface area (TPSA) is 82.5 Å². The smallest absolute Gasteiger partial charge is 0.407 e. The molecule has 0 spiro atoms. The Labute approximate surface area is 177 Å². The molecule has 0 unspecified atom stereocenters. The van der Waals surface area contributed by atoms with Gasteiger partial charge in [-0.2, -0.15) is 5.10 Å². The molecule has 7 nitrogen and oxygen atoms in total. The standard InChI is InChI=1S/C22H18ClN3O4/c23-17-9-6-15(7-10-17)21-16(13-26(25-21)18-4-2-1-3-5-18)8-11-20(27)29-14-19-12-24-22(28)30-19/h1-11,13,19H,12,14H2,(H,24,28)/b11-8+/t19-/m0/s1. The molecule has 4 rings (SSSR count). The maximum Gasteiger partial charge on any atom is 0.407 e. The van der Waals surface area contributed by atoms with Gasteiger partial charge in [-0.3, -0.25) is 0 Å². The van der Waals surface area contributed by atoms with Gasteiger partial charge in [-0.25, -0.2) is 14.3 Å². The Morgan fingerprint density at radius 2 is 2.00 bits per heavy atom. The summed E-state index contributed by atoms with van der Waals surface area (Å²) in [7, 11) is 0. The van der Waals surface area contributed by atoms with Crippen LogP contribution in [0.25, 0.3) is 23.0 Å². The number of amides is 1. The van der Waals surface area contributed by atoms with Crippen molar-refractivity contribution in [3.63, 3.8) is 0 Å². The van der Waals surface area contributed by atoms with Gasteiger partial charge in [0.1, 0.15) is 6.61 Å². The molecule has 152 valence electrons. The number of nitrogens with zero attached hydrogens (tertiary/aromatic N) is 2. The number of benzene rings is 2. The predicted octanol–water partition coefficient (Wildman–Crippen LogP) is 3.86. The van der Waals surface area contributed by atoms with Crippen LogP contribution in [0.5, 0.6) is 0 Å². The molecule has 1 saturated heterocycles. The summed E-state index contributed by atoms with van der Waals surface area (Å²) in [6.45, 7) is 0.315. The van der Waals surface area contributed by atoms with E-state index in [4.69, 9.17) is 21.1 Å². The van der Waals surface area contributed by atoms with Gasteiger partial charge < -0.3 is 14.8 Å². The third kappa shape index (κ3) is 4.69. The Kier molecular flexibility index (Phi) is 5.81. The monoisotopic (exact) mass is 423 g/mol. The van der Waals surface area contributed by atoms with Crippen molar-refractivity contribution in [3.8, 4) is 16.9 Å². The van der Waals surface area contributed by atoms with Crippen molar-refractivity contribution in [2.75, 3.05) is 13.2 Å². The SMILES string of the molecule is O=C(/C=C/c1cn(-c2ccccc2)nc1-c1ccc(Cl)cc1)OC[C@@H]1CNC(=O)O1. The van der Waals surface area contributed by atoms with E-state index in [1.165, 1.54) is 6.08 Å². The van der Waals surface area contributed by atoms with Crippen molar-refractivity contribution >= 4 is 29.7 Å². The molecule has 3 aromatic rings. The molecule has 0 radical (unpaired) electrons. The molecule has 0 saturated carbocycles. The van der Waals surface area contributed by atoms with E-state index in [-0.39, 0.29) is 6.61 Å². The van der Waals surface area contributed by atoms with Crippen LogP contribution >= 0.6 is 11.6 Å². The number of halogens is 1. The Balaban J connectivity index is 1.55. The molecule has 1 aliphatic heterocycles. The van der Waals surface area contributed by atoms with E-state index in [1.54, 1.807) is 22.9 Å². The lowest BCUT2D eigenvalue weighted by molar-refractivity contribution is -0.139. The molecule has 30 heavy (non-hydrogen) atoms. The average molecular weight is 424 g/mol. The van der Waals surface area contributed by atoms with E-state index < -0.39 is 18.2 Å². The number of ether oxygens (including phenoxy) is 2. The lowest BCUT2D eigenvalue weighted by Gasteiger charge is -2.06. The zero-order valence-corrected chi connectivity index (χ0v) is 16.6. The van der Waals surface area contributed by atoms with Crippen LogP contribution in [0.15, 0.2) is 66.9 Å². The van der Waals surface area contributed by atoms with Crippen molar-refractivity contribution in [3.05, 3.63) is 77.5 Å². The third-order valence-corrected chi connectivity index (χ3v) is 4.69. The molecule has 0 aliphatic carbocycles. The Bertz CT molecular complexity index is 1080. The predicted molar refractivity (Wildman–Crippen MR) is 112 cm³/mol. The summed E-state index contributed by atoms with van der Waals surface area (Å²) in [5, 5.41) is 7.82. The van der Waals surface area contributed by atoms with Crippen molar-refractivity contribution in [1.82, 2.24) is 15.1 Å². The number of hydrogen-bond donors (Lipinski definition) is 1. The number of carbonyl (C=O) groups excluding carboxylic acids is 2. The third-order valence-electron chi connectivity index (χ3n) is 4.44. The Morgan fingerprint density at radius 3 is 2.70 bits per heavy atom. The number of cyclic esters (lactones) is 1. The molecular formula is C22H18ClN3O4. The van der Waals surface area contributed by atoms with Gasteiger partial charge in [-0.15, -0.1) is 0 Å². The number of alkyl carbamates (subject to hydrolysis) is 1. The lowest BCUT2D eigenvalue weighted by Crippen LogP contribution is -2.21. The summed E-state index contributed by atoms with van der Waals surface area (Å²) in [6.07, 6.45) is 3.84. The highest BCUT2D eigenvalue weighted by Crippen LogP contribution is 2.26. The fourth-order valence-electron chi connectivity index (χ4n) is 2.96. The molecule has 2 aromatic carbocycles. The van der Waals surface area contributed by atoms with Gasteiger partial charge >= 0.3 is 12.1 Å². The molecule has 1 aromatic heterocycles. The number of hydrogen-bond acceptors (Lipinski definition) is 5. The molecule has 1 fully saturated rings. The fraction of sp³-hybridized carbons (Fsp3) is 0.136. The van der Waals surface area contributed by atoms with Gasteiger partial charge in [0.25, 0.3) is 0 Å². The van der Waals surface area contributed by atoms with E-state index in [2.05, 4.69) is 10.4 Å². The molecule has 0 bridgehead atoms. The van der Waals surface area contributed by atoms with Crippen molar-refractivity contribution in [2.24, 2.45) is 0 Å². The largest absolute Gasteiger partial charge is 0.459 e. The summed E-state index contributed by atoms with van der Waals surface area (Å²) in [6, 6.07) is 17.0. The van der Waals surface area contributed by atoms with Crippen molar-refractivity contribution < 1.29 is 19.1 Å². The van der Waals surface area contributed by atoms with Crippen LogP contribution in [0.4, 0.5) is 4.79 Å². The van der Waals surface area contributed by atoms with Crippen LogP contribution in [0.1, 0.15) is 5.56 Å². The van der Waals surface area contributed by atoms with Gasteiger partial charge in [-0.05, 0) is 30.3 Å². The number of para-hydroxylation sites is 1. The molecule has 1 aliphatic rings. The number of aromatic nitrogens is 2. The van der Waals surface area contributed by atoms with Crippen LogP contribution in [0.3, 0.4) is 0 Å². The zero-order valence-electron chi connectivity index (χ0n) is 15.8. The molecule has 1 atom stereocenters. The molecular weight excluding hydrogens is 406 g/mol. The summed E-state index contributed by atoms with van der Waals surface area (Å²) >= 11 is 6.00. The number of carbonyl (C=O) groups is 2. The maximum atomic E-state index is 12.1. The highest BCUT2D eigenvalue weighted by Gasteiger charge is 2.23. The van der Waals surface area contributed by atoms with E-state index in [0.717, 1.165) is 16.8 Å². The first-order valence-electron chi connectivity index (χ1n) is 9.29. The normalized spacial score (nSPS) is 15.8. The van der Waals surface area contributed by atoms with Crippen LogP contribution in [-0.4, -0.2) is 41.1 Å². The number of rotatable bonds is 6. The van der Waals surface area contributed by atoms with Crippen LogP contribution in [0, 0.1) is 0 Å². The van der Waals surface area contributed by atoms with Crippen LogP contribution < -0.4 is 5.32 Å². The molecule has 8 heteroatoms. The van der Waals surface area contributed by atoms with Gasteiger partial charge in [-0.1, -0.05) is 41.9 Å². The number of esters is 1. The minimum absolute atomic E-state index is 0.00473. The summed E-state index contributed by atoms with van der Waals surface area (Å²) < 4.78 is 11.8. The zero-order chi connectivity index (χ0) is 20.9. The van der Waals surface area contributed by atoms with E-state index in [1.807, 2.05) is 48.7 Å². The van der Waals surface area contributed by atoms with Crippen molar-refractivity contribution in [2.45, 2.75) is 6.10 Å². The van der Waals surface area contributed by atoms with Gasteiger partial charge in [0.2, 0.25) is 0 Å². The average Bonchev–Trinajstić information content (AvgIpc) is 3.38. The van der Waals surface area contributed by atoms with E-state index in [0.29, 0.717) is 17.3 Å². The first-order valence-corrected chi connectivity index (χ1v) is 9.66. The Morgan fingerprint density at radius 1 is 1.23 bits per heavy atom.